The molecule has 5 nitrogen and oxygen atoms in total. The van der Waals surface area contributed by atoms with Gasteiger partial charge in [-0.25, -0.2) is 0 Å². The minimum atomic E-state index is -0.382. The van der Waals surface area contributed by atoms with E-state index in [1.165, 1.54) is 0 Å². The van der Waals surface area contributed by atoms with Gasteiger partial charge in [0.2, 0.25) is 11.8 Å². The molecule has 2 amide bonds. The molecule has 2 unspecified atom stereocenters. The van der Waals surface area contributed by atoms with Crippen LogP contribution >= 0.6 is 0 Å². The Bertz CT molecular complexity index is 580. The highest BCUT2D eigenvalue weighted by Crippen LogP contribution is 2.20. The molecule has 2 atom stereocenters. The first-order valence-electron chi connectivity index (χ1n) is 9.14. The first-order valence-corrected chi connectivity index (χ1v) is 9.14. The Morgan fingerprint density at radius 2 is 1.96 bits per heavy atom. The Morgan fingerprint density at radius 3 is 2.60 bits per heavy atom. The molecule has 3 N–H and O–H groups in total. The smallest absolute Gasteiger partial charge is 0.225 e. The number of benzene rings is 1. The van der Waals surface area contributed by atoms with Crippen molar-refractivity contribution < 1.29 is 9.59 Å². The molecule has 0 aromatic heterocycles. The Morgan fingerprint density at radius 1 is 1.28 bits per heavy atom. The van der Waals surface area contributed by atoms with Crippen molar-refractivity contribution in [3.8, 4) is 0 Å². The molecule has 1 fully saturated rings. The van der Waals surface area contributed by atoms with Crippen LogP contribution in [0.4, 0.5) is 0 Å². The zero-order valence-corrected chi connectivity index (χ0v) is 15.6. The summed E-state index contributed by atoms with van der Waals surface area (Å²) in [6.45, 7) is 7.83. The molecule has 1 heterocycles. The van der Waals surface area contributed by atoms with Crippen LogP contribution < -0.4 is 11.1 Å². The molecule has 0 radical (unpaired) electrons. The summed E-state index contributed by atoms with van der Waals surface area (Å²) >= 11 is 0. The van der Waals surface area contributed by atoms with Crippen LogP contribution in [0.3, 0.4) is 0 Å². The first-order chi connectivity index (χ1) is 11.8. The maximum atomic E-state index is 12.6. The van der Waals surface area contributed by atoms with Crippen molar-refractivity contribution in [2.75, 3.05) is 19.6 Å². The average Bonchev–Trinajstić information content (AvgIpc) is 2.59. The van der Waals surface area contributed by atoms with E-state index < -0.39 is 0 Å². The standard InChI is InChI=1S/C20H31N3O2/c1-20(2,3)19(25)22-13-15-8-7-11-23(14-15)18(24)12-17(21)16-9-5-4-6-10-16/h4-6,9-10,15,17H,7-8,11-14,21H2,1-3H3,(H,22,25). The van der Waals surface area contributed by atoms with Gasteiger partial charge in [0.25, 0.3) is 0 Å². The molecule has 1 saturated heterocycles. The normalized spacial score (nSPS) is 19.4. The molecule has 0 aliphatic carbocycles. The van der Waals surface area contributed by atoms with Crippen molar-refractivity contribution in [2.45, 2.75) is 46.1 Å². The Labute approximate surface area is 151 Å². The summed E-state index contributed by atoms with van der Waals surface area (Å²) in [6.07, 6.45) is 2.34. The van der Waals surface area contributed by atoms with E-state index in [4.69, 9.17) is 5.73 Å². The second kappa shape index (κ2) is 8.48. The highest BCUT2D eigenvalue weighted by Gasteiger charge is 2.27. The summed E-state index contributed by atoms with van der Waals surface area (Å²) < 4.78 is 0. The average molecular weight is 345 g/mol. The fourth-order valence-electron chi connectivity index (χ4n) is 3.10. The SMILES string of the molecule is CC(C)(C)C(=O)NCC1CCCN(C(=O)CC(N)c2ccccc2)C1. The van der Waals surface area contributed by atoms with Gasteiger partial charge in [0.15, 0.2) is 0 Å². The van der Waals surface area contributed by atoms with E-state index in [1.807, 2.05) is 56.0 Å². The van der Waals surface area contributed by atoms with Crippen LogP contribution in [-0.2, 0) is 9.59 Å². The van der Waals surface area contributed by atoms with Crippen molar-refractivity contribution >= 4 is 11.8 Å². The van der Waals surface area contributed by atoms with Crippen LogP contribution in [0.2, 0.25) is 0 Å². The van der Waals surface area contributed by atoms with E-state index in [-0.39, 0.29) is 23.3 Å². The van der Waals surface area contributed by atoms with E-state index in [9.17, 15) is 9.59 Å². The molecule has 1 aliphatic rings. The predicted molar refractivity (Wildman–Crippen MR) is 99.8 cm³/mol. The Balaban J connectivity index is 1.83. The number of hydrogen-bond donors (Lipinski definition) is 2. The summed E-state index contributed by atoms with van der Waals surface area (Å²) in [7, 11) is 0. The van der Waals surface area contributed by atoms with E-state index in [0.29, 0.717) is 25.4 Å². The van der Waals surface area contributed by atoms with Crippen LogP contribution in [0, 0.1) is 11.3 Å². The van der Waals surface area contributed by atoms with Gasteiger partial charge in [-0.15, -0.1) is 0 Å². The minimum Gasteiger partial charge on any atom is -0.355 e. The summed E-state index contributed by atoms with van der Waals surface area (Å²) in [5.74, 6) is 0.474. The molecule has 138 valence electrons. The number of nitrogens with two attached hydrogens (primary N) is 1. The van der Waals surface area contributed by atoms with Crippen molar-refractivity contribution in [1.29, 1.82) is 0 Å². The molecule has 0 bridgehead atoms. The third kappa shape index (κ3) is 5.85. The van der Waals surface area contributed by atoms with Gasteiger partial charge in [0, 0.05) is 37.5 Å². The zero-order chi connectivity index (χ0) is 18.4. The second-order valence-electron chi connectivity index (χ2n) is 8.03. The largest absolute Gasteiger partial charge is 0.355 e. The Kier molecular flexibility index (Phi) is 6.59. The van der Waals surface area contributed by atoms with Gasteiger partial charge in [-0.2, -0.15) is 0 Å². The molecular formula is C20H31N3O2. The minimum absolute atomic E-state index is 0.0575. The number of piperidine rings is 1. The second-order valence-corrected chi connectivity index (χ2v) is 8.03. The van der Waals surface area contributed by atoms with E-state index in [1.54, 1.807) is 0 Å². The van der Waals surface area contributed by atoms with Gasteiger partial charge >= 0.3 is 0 Å². The molecule has 1 aromatic rings. The lowest BCUT2D eigenvalue weighted by Crippen LogP contribution is -2.45. The maximum absolute atomic E-state index is 12.6. The number of hydrogen-bond acceptors (Lipinski definition) is 3. The van der Waals surface area contributed by atoms with E-state index in [2.05, 4.69) is 5.32 Å². The number of carbonyl (C=O) groups is 2. The van der Waals surface area contributed by atoms with Crippen LogP contribution in [0.15, 0.2) is 30.3 Å². The van der Waals surface area contributed by atoms with Crippen LogP contribution in [0.1, 0.15) is 51.6 Å². The highest BCUT2D eigenvalue weighted by atomic mass is 16.2. The number of nitrogens with one attached hydrogen (secondary N) is 1. The lowest BCUT2D eigenvalue weighted by Gasteiger charge is -2.34. The number of carbonyl (C=O) groups excluding carboxylic acids is 2. The molecular weight excluding hydrogens is 314 g/mol. The third-order valence-electron chi connectivity index (χ3n) is 4.73. The zero-order valence-electron chi connectivity index (χ0n) is 15.6. The monoisotopic (exact) mass is 345 g/mol. The lowest BCUT2D eigenvalue weighted by atomic mass is 9.93. The van der Waals surface area contributed by atoms with E-state index in [0.717, 1.165) is 24.9 Å². The number of rotatable bonds is 5. The number of likely N-dealkylation sites (tertiary alicyclic amines) is 1. The molecule has 2 rings (SSSR count). The number of nitrogens with zero attached hydrogens (tertiary/aromatic N) is 1. The van der Waals surface area contributed by atoms with Crippen LogP contribution in [0.5, 0.6) is 0 Å². The van der Waals surface area contributed by atoms with Crippen molar-refractivity contribution in [3.05, 3.63) is 35.9 Å². The fraction of sp³-hybridized carbons (Fsp3) is 0.600. The van der Waals surface area contributed by atoms with Gasteiger partial charge in [0.1, 0.15) is 0 Å². The highest BCUT2D eigenvalue weighted by molar-refractivity contribution is 5.81. The topological polar surface area (TPSA) is 75.4 Å². The van der Waals surface area contributed by atoms with Crippen LogP contribution in [-0.4, -0.2) is 36.3 Å². The van der Waals surface area contributed by atoms with Gasteiger partial charge in [-0.1, -0.05) is 51.1 Å². The summed E-state index contributed by atoms with van der Waals surface area (Å²) in [5.41, 5.74) is 6.78. The number of amides is 2. The first kappa shape index (κ1) is 19.4. The molecule has 1 aromatic carbocycles. The fourth-order valence-corrected chi connectivity index (χ4v) is 3.10. The predicted octanol–water partition coefficient (Wildman–Crippen LogP) is 2.48. The summed E-state index contributed by atoms with van der Waals surface area (Å²) in [4.78, 5) is 26.5. The van der Waals surface area contributed by atoms with Crippen molar-refractivity contribution in [1.82, 2.24) is 10.2 Å². The Hall–Kier alpha value is -1.88. The molecule has 1 aliphatic heterocycles. The molecule has 25 heavy (non-hydrogen) atoms. The van der Waals surface area contributed by atoms with Crippen LogP contribution in [0.25, 0.3) is 0 Å². The summed E-state index contributed by atoms with van der Waals surface area (Å²) in [5, 5.41) is 3.02. The van der Waals surface area contributed by atoms with Crippen molar-refractivity contribution in [3.63, 3.8) is 0 Å². The molecule has 5 heteroatoms. The van der Waals surface area contributed by atoms with Gasteiger partial charge in [0.05, 0.1) is 0 Å². The summed E-state index contributed by atoms with van der Waals surface area (Å²) in [6, 6.07) is 9.47. The third-order valence-corrected chi connectivity index (χ3v) is 4.73. The molecule has 0 spiro atoms. The molecule has 0 saturated carbocycles. The quantitative estimate of drug-likeness (QED) is 0.861. The maximum Gasteiger partial charge on any atom is 0.225 e. The van der Waals surface area contributed by atoms with Gasteiger partial charge < -0.3 is 16.0 Å². The lowest BCUT2D eigenvalue weighted by molar-refractivity contribution is -0.133. The van der Waals surface area contributed by atoms with E-state index >= 15 is 0 Å². The van der Waals surface area contributed by atoms with Gasteiger partial charge in [-0.3, -0.25) is 9.59 Å². The van der Waals surface area contributed by atoms with Gasteiger partial charge in [-0.05, 0) is 24.3 Å². The van der Waals surface area contributed by atoms with Crippen molar-refractivity contribution in [2.24, 2.45) is 17.1 Å².